The van der Waals surface area contributed by atoms with E-state index in [9.17, 15) is 4.79 Å². The molecule has 0 saturated heterocycles. The van der Waals surface area contributed by atoms with Crippen molar-refractivity contribution in [2.75, 3.05) is 11.5 Å². The molecule has 1 aliphatic carbocycles. The summed E-state index contributed by atoms with van der Waals surface area (Å²) in [6.07, 6.45) is 4.86. The van der Waals surface area contributed by atoms with Gasteiger partial charge >= 0.3 is 0 Å². The van der Waals surface area contributed by atoms with E-state index in [0.717, 1.165) is 21.5 Å². The molecule has 1 aromatic carbocycles. The van der Waals surface area contributed by atoms with Crippen molar-refractivity contribution in [2.45, 2.75) is 43.5 Å². The lowest BCUT2D eigenvalue weighted by Gasteiger charge is -2.29. The molecule has 1 saturated carbocycles. The van der Waals surface area contributed by atoms with Crippen molar-refractivity contribution in [2.24, 2.45) is 5.92 Å². The number of halogens is 1. The lowest BCUT2D eigenvalue weighted by Crippen LogP contribution is -2.41. The van der Waals surface area contributed by atoms with Gasteiger partial charge in [-0.2, -0.15) is 0 Å². The van der Waals surface area contributed by atoms with Crippen LogP contribution in [0.3, 0.4) is 0 Å². The molecule has 0 radical (unpaired) electrons. The highest BCUT2D eigenvalue weighted by molar-refractivity contribution is 9.10. The summed E-state index contributed by atoms with van der Waals surface area (Å²) in [5, 5.41) is 3.17. The SMILES string of the molecule is CC1CCCCC1NC(=O)CSc1ccc(N)cc1Br. The van der Waals surface area contributed by atoms with Gasteiger partial charge in [0.1, 0.15) is 0 Å². The number of nitrogens with two attached hydrogens (primary N) is 1. The Morgan fingerprint density at radius 2 is 2.20 bits per heavy atom. The lowest BCUT2D eigenvalue weighted by molar-refractivity contribution is -0.119. The number of nitrogen functional groups attached to an aromatic ring is 1. The van der Waals surface area contributed by atoms with Crippen LogP contribution in [0.25, 0.3) is 0 Å². The highest BCUT2D eigenvalue weighted by Gasteiger charge is 2.22. The zero-order valence-corrected chi connectivity index (χ0v) is 14.1. The quantitative estimate of drug-likeness (QED) is 0.636. The molecule has 110 valence electrons. The molecule has 0 heterocycles. The highest BCUT2D eigenvalue weighted by atomic mass is 79.9. The molecule has 5 heteroatoms. The molecule has 1 aliphatic rings. The minimum Gasteiger partial charge on any atom is -0.399 e. The molecular formula is C15H21BrN2OS. The summed E-state index contributed by atoms with van der Waals surface area (Å²) in [4.78, 5) is 13.1. The number of carbonyl (C=O) groups excluding carboxylic acids is 1. The molecule has 0 spiro atoms. The van der Waals surface area contributed by atoms with Crippen LogP contribution in [0.1, 0.15) is 32.6 Å². The van der Waals surface area contributed by atoms with Crippen LogP contribution in [0.5, 0.6) is 0 Å². The van der Waals surface area contributed by atoms with E-state index in [0.29, 0.717) is 17.7 Å². The van der Waals surface area contributed by atoms with Crippen molar-refractivity contribution in [1.29, 1.82) is 0 Å². The number of benzene rings is 1. The molecule has 2 unspecified atom stereocenters. The molecule has 2 atom stereocenters. The fourth-order valence-electron chi connectivity index (χ4n) is 2.56. The van der Waals surface area contributed by atoms with Crippen LogP contribution in [0.4, 0.5) is 5.69 Å². The Balaban J connectivity index is 1.82. The standard InChI is InChI=1S/C15H21BrN2OS/c1-10-4-2-3-5-13(10)18-15(19)9-20-14-7-6-11(17)8-12(14)16/h6-8,10,13H,2-5,9,17H2,1H3,(H,18,19). The minimum atomic E-state index is 0.123. The van der Waals surface area contributed by atoms with Crippen LogP contribution < -0.4 is 11.1 Å². The van der Waals surface area contributed by atoms with E-state index >= 15 is 0 Å². The number of nitrogens with one attached hydrogen (secondary N) is 1. The lowest BCUT2D eigenvalue weighted by atomic mass is 9.86. The molecule has 1 amide bonds. The van der Waals surface area contributed by atoms with Gasteiger partial charge in [-0.3, -0.25) is 4.79 Å². The van der Waals surface area contributed by atoms with Gasteiger partial charge in [-0.15, -0.1) is 11.8 Å². The summed E-state index contributed by atoms with van der Waals surface area (Å²) >= 11 is 5.01. The number of amides is 1. The van der Waals surface area contributed by atoms with E-state index in [1.165, 1.54) is 31.0 Å². The van der Waals surface area contributed by atoms with Gasteiger partial charge in [0.2, 0.25) is 5.91 Å². The molecule has 0 aromatic heterocycles. The van der Waals surface area contributed by atoms with Crippen LogP contribution >= 0.6 is 27.7 Å². The fourth-order valence-corrected chi connectivity index (χ4v) is 4.03. The van der Waals surface area contributed by atoms with E-state index in [1.807, 2.05) is 18.2 Å². The zero-order valence-electron chi connectivity index (χ0n) is 11.7. The van der Waals surface area contributed by atoms with Gasteiger partial charge in [0.25, 0.3) is 0 Å². The van der Waals surface area contributed by atoms with Crippen molar-refractivity contribution >= 4 is 39.3 Å². The normalized spacial score (nSPS) is 22.5. The van der Waals surface area contributed by atoms with Crippen molar-refractivity contribution < 1.29 is 4.79 Å². The van der Waals surface area contributed by atoms with Crippen LogP contribution in [0.15, 0.2) is 27.6 Å². The third-order valence-corrected chi connectivity index (χ3v) is 5.76. The maximum atomic E-state index is 12.0. The number of hydrogen-bond acceptors (Lipinski definition) is 3. The first-order chi connectivity index (χ1) is 9.56. The van der Waals surface area contributed by atoms with Crippen LogP contribution in [-0.2, 0) is 4.79 Å². The second-order valence-corrected chi connectivity index (χ2v) is 7.29. The van der Waals surface area contributed by atoms with Gasteiger partial charge in [0.05, 0.1) is 5.75 Å². The summed E-state index contributed by atoms with van der Waals surface area (Å²) in [6.45, 7) is 2.23. The first-order valence-corrected chi connectivity index (χ1v) is 8.81. The predicted molar refractivity (Wildman–Crippen MR) is 88.8 cm³/mol. The summed E-state index contributed by atoms with van der Waals surface area (Å²) < 4.78 is 0.946. The molecule has 0 aliphatic heterocycles. The maximum Gasteiger partial charge on any atom is 0.230 e. The highest BCUT2D eigenvalue weighted by Crippen LogP contribution is 2.29. The van der Waals surface area contributed by atoms with E-state index in [-0.39, 0.29) is 5.91 Å². The molecule has 2 rings (SSSR count). The molecule has 1 fully saturated rings. The Bertz CT molecular complexity index is 481. The van der Waals surface area contributed by atoms with E-state index in [1.54, 1.807) is 0 Å². The molecule has 3 nitrogen and oxygen atoms in total. The summed E-state index contributed by atoms with van der Waals surface area (Å²) in [5.41, 5.74) is 6.43. The number of anilines is 1. The first kappa shape index (κ1) is 15.7. The second-order valence-electron chi connectivity index (χ2n) is 5.41. The summed E-state index contributed by atoms with van der Waals surface area (Å²) in [5.74, 6) is 1.17. The third-order valence-electron chi connectivity index (χ3n) is 3.77. The Hall–Kier alpha value is -0.680. The average Bonchev–Trinajstić information content (AvgIpc) is 2.40. The smallest absolute Gasteiger partial charge is 0.230 e. The Labute approximate surface area is 133 Å². The largest absolute Gasteiger partial charge is 0.399 e. The van der Waals surface area contributed by atoms with E-state index < -0.39 is 0 Å². The van der Waals surface area contributed by atoms with Gasteiger partial charge in [-0.05, 0) is 52.9 Å². The van der Waals surface area contributed by atoms with Gasteiger partial charge in [0.15, 0.2) is 0 Å². The molecule has 1 aromatic rings. The monoisotopic (exact) mass is 356 g/mol. The number of hydrogen-bond donors (Lipinski definition) is 2. The molecular weight excluding hydrogens is 336 g/mol. The van der Waals surface area contributed by atoms with Crippen molar-refractivity contribution in [3.05, 3.63) is 22.7 Å². The Morgan fingerprint density at radius 1 is 1.45 bits per heavy atom. The average molecular weight is 357 g/mol. The fraction of sp³-hybridized carbons (Fsp3) is 0.533. The minimum absolute atomic E-state index is 0.123. The van der Waals surface area contributed by atoms with Crippen molar-refractivity contribution in [3.8, 4) is 0 Å². The number of rotatable bonds is 4. The van der Waals surface area contributed by atoms with Gasteiger partial charge in [0, 0.05) is 21.1 Å². The third kappa shape index (κ3) is 4.42. The zero-order chi connectivity index (χ0) is 14.5. The van der Waals surface area contributed by atoms with Crippen molar-refractivity contribution in [1.82, 2.24) is 5.32 Å². The van der Waals surface area contributed by atoms with E-state index in [2.05, 4.69) is 28.2 Å². The van der Waals surface area contributed by atoms with Crippen LogP contribution in [0, 0.1) is 5.92 Å². The topological polar surface area (TPSA) is 55.1 Å². The van der Waals surface area contributed by atoms with E-state index in [4.69, 9.17) is 5.73 Å². The molecule has 20 heavy (non-hydrogen) atoms. The van der Waals surface area contributed by atoms with Crippen LogP contribution in [-0.4, -0.2) is 17.7 Å². The van der Waals surface area contributed by atoms with Gasteiger partial charge < -0.3 is 11.1 Å². The van der Waals surface area contributed by atoms with Gasteiger partial charge in [-0.25, -0.2) is 0 Å². The summed E-state index contributed by atoms with van der Waals surface area (Å²) in [7, 11) is 0. The molecule has 3 N–H and O–H groups in total. The number of thioether (sulfide) groups is 1. The summed E-state index contributed by atoms with van der Waals surface area (Å²) in [6, 6.07) is 6.02. The Kier molecular flexibility index (Phi) is 5.78. The molecule has 0 bridgehead atoms. The second kappa shape index (κ2) is 7.36. The Morgan fingerprint density at radius 3 is 2.90 bits per heavy atom. The van der Waals surface area contributed by atoms with Crippen molar-refractivity contribution in [3.63, 3.8) is 0 Å². The van der Waals surface area contributed by atoms with Crippen LogP contribution in [0.2, 0.25) is 0 Å². The van der Waals surface area contributed by atoms with Gasteiger partial charge in [-0.1, -0.05) is 19.8 Å². The maximum absolute atomic E-state index is 12.0. The predicted octanol–water partition coefficient (Wildman–Crippen LogP) is 3.82. The number of carbonyl (C=O) groups is 1. The first-order valence-electron chi connectivity index (χ1n) is 7.03.